The van der Waals surface area contributed by atoms with E-state index in [0.717, 1.165) is 32.7 Å². The maximum absolute atomic E-state index is 12.8. The number of hydrogen-bond donors (Lipinski definition) is 0. The lowest BCUT2D eigenvalue weighted by Gasteiger charge is -2.37. The van der Waals surface area contributed by atoms with E-state index in [1.54, 1.807) is 33.5 Å². The number of ketones is 1. The second-order valence-electron chi connectivity index (χ2n) is 7.66. The number of carbonyl (C=O) groups excluding carboxylic acids is 1. The highest BCUT2D eigenvalue weighted by molar-refractivity contribution is 5.97. The fraction of sp³-hybridized carbons (Fsp3) is 0.458. The molecule has 0 radical (unpaired) electrons. The first kappa shape index (κ1) is 22.0. The fourth-order valence-electron chi connectivity index (χ4n) is 4.15. The van der Waals surface area contributed by atoms with E-state index < -0.39 is 0 Å². The molecule has 2 aromatic carbocycles. The standard InChI is InChI=1S/C24H32N2O4/c1-17-7-6-8-18(2)23(17)26-13-11-25(12-14-26)10-9-20(27)19-15-21(28-3)24(30-5)22(16-19)29-4/h6-8,15-16H,9-14H2,1-5H3. The van der Waals surface area contributed by atoms with Crippen molar-refractivity contribution in [2.45, 2.75) is 20.3 Å². The molecule has 3 rings (SSSR count). The normalized spacial score (nSPS) is 14.5. The van der Waals surface area contributed by atoms with Crippen molar-refractivity contribution in [1.82, 2.24) is 4.90 Å². The van der Waals surface area contributed by atoms with Crippen LogP contribution in [0, 0.1) is 13.8 Å². The van der Waals surface area contributed by atoms with Gasteiger partial charge in [0.05, 0.1) is 21.3 Å². The Morgan fingerprint density at radius 1 is 0.900 bits per heavy atom. The summed E-state index contributed by atoms with van der Waals surface area (Å²) in [6.07, 6.45) is 0.460. The molecule has 0 spiro atoms. The minimum absolute atomic E-state index is 0.0754. The maximum Gasteiger partial charge on any atom is 0.203 e. The van der Waals surface area contributed by atoms with Crippen molar-refractivity contribution in [3.8, 4) is 17.2 Å². The van der Waals surface area contributed by atoms with Crippen LogP contribution in [0.25, 0.3) is 0 Å². The number of Topliss-reactive ketones (excluding diaryl/α,β-unsaturated/α-hetero) is 1. The number of ether oxygens (including phenoxy) is 3. The molecule has 6 heteroatoms. The number of aryl methyl sites for hydroxylation is 2. The highest BCUT2D eigenvalue weighted by atomic mass is 16.5. The van der Waals surface area contributed by atoms with Gasteiger partial charge < -0.3 is 19.1 Å². The zero-order valence-electron chi connectivity index (χ0n) is 18.7. The molecule has 0 bridgehead atoms. The van der Waals surface area contributed by atoms with Gasteiger partial charge in [-0.15, -0.1) is 0 Å². The minimum atomic E-state index is 0.0754. The fourth-order valence-corrected chi connectivity index (χ4v) is 4.15. The van der Waals surface area contributed by atoms with Gasteiger partial charge in [-0.2, -0.15) is 0 Å². The monoisotopic (exact) mass is 412 g/mol. The van der Waals surface area contributed by atoms with Gasteiger partial charge >= 0.3 is 0 Å². The van der Waals surface area contributed by atoms with Crippen LogP contribution in [0.3, 0.4) is 0 Å². The zero-order chi connectivity index (χ0) is 21.7. The van der Waals surface area contributed by atoms with E-state index in [0.29, 0.717) is 29.2 Å². The van der Waals surface area contributed by atoms with Crippen molar-refractivity contribution in [2.75, 3.05) is 59.0 Å². The number of anilines is 1. The van der Waals surface area contributed by atoms with Crippen LogP contribution in [0.5, 0.6) is 17.2 Å². The Labute approximate surface area is 179 Å². The molecule has 0 saturated carbocycles. The highest BCUT2D eigenvalue weighted by Crippen LogP contribution is 2.38. The number of nitrogens with zero attached hydrogens (tertiary/aromatic N) is 2. The number of piperazine rings is 1. The SMILES string of the molecule is COc1cc(C(=O)CCN2CCN(c3c(C)cccc3C)CC2)cc(OC)c1OC. The molecule has 6 nitrogen and oxygen atoms in total. The molecule has 0 N–H and O–H groups in total. The Bertz CT molecular complexity index is 844. The Kier molecular flexibility index (Phi) is 7.21. The van der Waals surface area contributed by atoms with Crippen LogP contribution < -0.4 is 19.1 Å². The third-order valence-corrected chi connectivity index (χ3v) is 5.77. The molecule has 0 unspecified atom stereocenters. The number of carbonyl (C=O) groups is 1. The average Bonchev–Trinajstić information content (AvgIpc) is 2.77. The first-order valence-electron chi connectivity index (χ1n) is 10.3. The number of methoxy groups -OCH3 is 3. The second-order valence-corrected chi connectivity index (χ2v) is 7.66. The van der Waals surface area contributed by atoms with Gasteiger partial charge in [0.15, 0.2) is 17.3 Å². The van der Waals surface area contributed by atoms with Gasteiger partial charge in [-0.05, 0) is 37.1 Å². The largest absolute Gasteiger partial charge is 0.493 e. The zero-order valence-corrected chi connectivity index (χ0v) is 18.7. The molecule has 1 saturated heterocycles. The molecule has 1 aliphatic rings. The van der Waals surface area contributed by atoms with E-state index in [2.05, 4.69) is 41.8 Å². The van der Waals surface area contributed by atoms with Gasteiger partial charge in [-0.3, -0.25) is 9.69 Å². The summed E-state index contributed by atoms with van der Waals surface area (Å²) in [5.41, 5.74) is 4.58. The van der Waals surface area contributed by atoms with Crippen molar-refractivity contribution in [3.05, 3.63) is 47.0 Å². The first-order valence-corrected chi connectivity index (χ1v) is 10.3. The van der Waals surface area contributed by atoms with Gasteiger partial charge in [0.1, 0.15) is 0 Å². The van der Waals surface area contributed by atoms with Crippen LogP contribution in [0.2, 0.25) is 0 Å². The quantitative estimate of drug-likeness (QED) is 0.616. The highest BCUT2D eigenvalue weighted by Gasteiger charge is 2.21. The Morgan fingerprint density at radius 2 is 1.47 bits per heavy atom. The minimum Gasteiger partial charge on any atom is -0.493 e. The lowest BCUT2D eigenvalue weighted by Crippen LogP contribution is -2.47. The summed E-state index contributed by atoms with van der Waals surface area (Å²) < 4.78 is 16.1. The van der Waals surface area contributed by atoms with Crippen LogP contribution in [0.4, 0.5) is 5.69 Å². The van der Waals surface area contributed by atoms with E-state index in [-0.39, 0.29) is 5.78 Å². The third-order valence-electron chi connectivity index (χ3n) is 5.77. The Morgan fingerprint density at radius 3 is 1.97 bits per heavy atom. The topological polar surface area (TPSA) is 51.2 Å². The van der Waals surface area contributed by atoms with E-state index in [4.69, 9.17) is 14.2 Å². The summed E-state index contributed by atoms with van der Waals surface area (Å²) in [4.78, 5) is 17.6. The molecule has 162 valence electrons. The third kappa shape index (κ3) is 4.70. The lowest BCUT2D eigenvalue weighted by atomic mass is 10.1. The van der Waals surface area contributed by atoms with Crippen LogP contribution in [0.15, 0.2) is 30.3 Å². The smallest absolute Gasteiger partial charge is 0.203 e. The van der Waals surface area contributed by atoms with Crippen molar-refractivity contribution >= 4 is 11.5 Å². The van der Waals surface area contributed by atoms with Crippen molar-refractivity contribution in [2.24, 2.45) is 0 Å². The summed E-state index contributed by atoms with van der Waals surface area (Å²) in [6.45, 7) is 8.95. The summed E-state index contributed by atoms with van der Waals surface area (Å²) in [6, 6.07) is 9.90. The van der Waals surface area contributed by atoms with E-state index in [1.165, 1.54) is 16.8 Å². The van der Waals surface area contributed by atoms with Crippen molar-refractivity contribution in [1.29, 1.82) is 0 Å². The first-order chi connectivity index (χ1) is 14.5. The van der Waals surface area contributed by atoms with Crippen molar-refractivity contribution in [3.63, 3.8) is 0 Å². The van der Waals surface area contributed by atoms with Gasteiger partial charge in [-0.1, -0.05) is 18.2 Å². The van der Waals surface area contributed by atoms with Crippen LogP contribution in [-0.4, -0.2) is 64.7 Å². The van der Waals surface area contributed by atoms with Gasteiger partial charge in [0, 0.05) is 50.4 Å². The summed E-state index contributed by atoms with van der Waals surface area (Å²) >= 11 is 0. The molecule has 1 heterocycles. The second kappa shape index (κ2) is 9.85. The lowest BCUT2D eigenvalue weighted by molar-refractivity contribution is 0.0961. The summed E-state index contributed by atoms with van der Waals surface area (Å²) in [5.74, 6) is 1.58. The Balaban J connectivity index is 1.59. The predicted octanol–water partition coefficient (Wildman–Crippen LogP) is 3.72. The van der Waals surface area contributed by atoms with Gasteiger partial charge in [-0.25, -0.2) is 0 Å². The summed E-state index contributed by atoms with van der Waals surface area (Å²) in [7, 11) is 4.67. The molecular weight excluding hydrogens is 380 g/mol. The molecule has 30 heavy (non-hydrogen) atoms. The number of rotatable bonds is 8. The van der Waals surface area contributed by atoms with E-state index in [1.807, 2.05) is 0 Å². The molecule has 1 fully saturated rings. The van der Waals surface area contributed by atoms with Crippen molar-refractivity contribution < 1.29 is 19.0 Å². The van der Waals surface area contributed by atoms with E-state index in [9.17, 15) is 4.79 Å². The molecule has 0 amide bonds. The Hall–Kier alpha value is -2.73. The predicted molar refractivity (Wildman–Crippen MR) is 120 cm³/mol. The average molecular weight is 413 g/mol. The number of para-hydroxylation sites is 1. The van der Waals surface area contributed by atoms with Crippen LogP contribution in [-0.2, 0) is 0 Å². The summed E-state index contributed by atoms with van der Waals surface area (Å²) in [5, 5.41) is 0. The van der Waals surface area contributed by atoms with E-state index >= 15 is 0 Å². The van der Waals surface area contributed by atoms with Crippen LogP contribution >= 0.6 is 0 Å². The molecule has 2 aromatic rings. The molecule has 0 aromatic heterocycles. The number of hydrogen-bond acceptors (Lipinski definition) is 6. The van der Waals surface area contributed by atoms with Gasteiger partial charge in [0.25, 0.3) is 0 Å². The molecular formula is C24H32N2O4. The molecule has 1 aliphatic heterocycles. The molecule has 0 aliphatic carbocycles. The van der Waals surface area contributed by atoms with Gasteiger partial charge in [0.2, 0.25) is 5.75 Å². The maximum atomic E-state index is 12.8. The van der Waals surface area contributed by atoms with Crippen LogP contribution in [0.1, 0.15) is 27.9 Å². The molecule has 0 atom stereocenters. The number of benzene rings is 2.